The van der Waals surface area contributed by atoms with Gasteiger partial charge in [0.05, 0.1) is 34.1 Å². The van der Waals surface area contributed by atoms with Crippen LogP contribution in [0.2, 0.25) is 0 Å². The van der Waals surface area contributed by atoms with E-state index in [2.05, 4.69) is 52.3 Å². The van der Waals surface area contributed by atoms with Crippen LogP contribution in [-0.2, 0) is 42.7 Å². The number of hydrogen-bond donors (Lipinski definition) is 2. The summed E-state index contributed by atoms with van der Waals surface area (Å²) in [5.41, 5.74) is 6.13. The highest BCUT2D eigenvalue weighted by molar-refractivity contribution is 9.10. The van der Waals surface area contributed by atoms with Crippen molar-refractivity contribution in [2.24, 2.45) is 17.6 Å². The molecule has 2 saturated heterocycles. The molecule has 0 radical (unpaired) electrons. The maximum absolute atomic E-state index is 12.6. The number of halogens is 1. The minimum atomic E-state index is -0.556. The van der Waals surface area contributed by atoms with Crippen molar-refractivity contribution in [1.29, 1.82) is 0 Å². The highest BCUT2D eigenvalue weighted by Crippen LogP contribution is 2.25. The summed E-state index contributed by atoms with van der Waals surface area (Å²) in [6.07, 6.45) is 5.06. The van der Waals surface area contributed by atoms with Gasteiger partial charge in [0, 0.05) is 49.4 Å². The van der Waals surface area contributed by atoms with Gasteiger partial charge in [0.2, 0.25) is 0 Å². The van der Waals surface area contributed by atoms with Crippen LogP contribution in [0.4, 0.5) is 0 Å². The van der Waals surface area contributed by atoms with E-state index in [0.717, 1.165) is 82.6 Å². The van der Waals surface area contributed by atoms with Gasteiger partial charge in [-0.05, 0) is 78.3 Å². The van der Waals surface area contributed by atoms with Crippen molar-refractivity contribution in [2.75, 3.05) is 39.5 Å². The van der Waals surface area contributed by atoms with E-state index >= 15 is 0 Å². The van der Waals surface area contributed by atoms with Gasteiger partial charge in [-0.15, -0.1) is 0 Å². The summed E-state index contributed by atoms with van der Waals surface area (Å²) in [5, 5.41) is 11.4. The molecule has 0 atom stereocenters. The molecule has 0 spiro atoms. The molecule has 268 valence electrons. The lowest BCUT2D eigenvalue weighted by Crippen LogP contribution is -2.49. The van der Waals surface area contributed by atoms with Crippen LogP contribution in [0.3, 0.4) is 0 Å². The van der Waals surface area contributed by atoms with Crippen LogP contribution in [-0.4, -0.2) is 71.3 Å². The standard InChI is InChI=1S/C18H30N2O3.C12H18BrNO2.C6H13NO/c1-17(2,3)16-11-14(20-23-16)10-15(21)18(4,5)19-12-13-6-8-22-9-7-13;1-11(2,3)10-7-8(14-16-10)6-9(15)12(4,5)13;7-5-6-1-3-8-4-2-6/h11,13,19H,6-10,12H2,1-5H3;7H,6H2,1-5H3;6H,1-5,7H2. The van der Waals surface area contributed by atoms with Gasteiger partial charge in [0.1, 0.15) is 11.5 Å². The SMILES string of the molecule is CC(C)(Br)C(=O)Cc1cc(C(C)(C)C)on1.CC(C)(NCC1CCOCC1)C(=O)Cc1cc(C(C)(C)C)on1.NCC1CCOCC1. The summed E-state index contributed by atoms with van der Waals surface area (Å²) in [7, 11) is 0. The molecule has 2 aromatic rings. The Labute approximate surface area is 291 Å². The average molecular weight is 726 g/mol. The van der Waals surface area contributed by atoms with Crippen LogP contribution in [0.1, 0.15) is 118 Å². The third-order valence-corrected chi connectivity index (χ3v) is 8.93. The molecule has 0 saturated carbocycles. The number of carbonyl (C=O) groups is 2. The highest BCUT2D eigenvalue weighted by atomic mass is 79.9. The number of hydrogen-bond acceptors (Lipinski definition) is 10. The molecular weight excluding hydrogens is 664 g/mol. The van der Waals surface area contributed by atoms with E-state index in [-0.39, 0.29) is 22.4 Å². The van der Waals surface area contributed by atoms with Crippen molar-refractivity contribution in [3.05, 3.63) is 35.0 Å². The molecule has 4 heterocycles. The fourth-order valence-electron chi connectivity index (χ4n) is 4.69. The van der Waals surface area contributed by atoms with Gasteiger partial charge >= 0.3 is 0 Å². The second kappa shape index (κ2) is 18.2. The lowest BCUT2D eigenvalue weighted by Gasteiger charge is -2.29. The third-order valence-electron chi connectivity index (χ3n) is 8.49. The first-order valence-electron chi connectivity index (χ1n) is 17.0. The Balaban J connectivity index is 0.000000275. The van der Waals surface area contributed by atoms with Gasteiger partial charge < -0.3 is 29.6 Å². The summed E-state index contributed by atoms with van der Waals surface area (Å²) in [4.78, 5) is 24.4. The van der Waals surface area contributed by atoms with Gasteiger partial charge in [0.15, 0.2) is 11.6 Å². The van der Waals surface area contributed by atoms with E-state index in [1.54, 1.807) is 0 Å². The molecule has 0 unspecified atom stereocenters. The van der Waals surface area contributed by atoms with Crippen LogP contribution in [0, 0.1) is 11.8 Å². The molecule has 2 aromatic heterocycles. The first-order valence-corrected chi connectivity index (χ1v) is 17.8. The van der Waals surface area contributed by atoms with Crippen LogP contribution in [0.25, 0.3) is 0 Å². The molecule has 2 fully saturated rings. The van der Waals surface area contributed by atoms with Crippen molar-refractivity contribution >= 4 is 27.5 Å². The van der Waals surface area contributed by atoms with Crippen molar-refractivity contribution in [3.63, 3.8) is 0 Å². The van der Waals surface area contributed by atoms with Crippen molar-refractivity contribution < 1.29 is 28.1 Å². The number of nitrogens with two attached hydrogens (primary N) is 1. The van der Waals surface area contributed by atoms with Crippen LogP contribution in [0.15, 0.2) is 21.2 Å². The zero-order valence-electron chi connectivity index (χ0n) is 30.6. The number of nitrogens with one attached hydrogen (secondary N) is 1. The van der Waals surface area contributed by atoms with Crippen molar-refractivity contribution in [2.45, 2.75) is 128 Å². The Morgan fingerprint density at radius 2 is 1.15 bits per heavy atom. The molecule has 10 nitrogen and oxygen atoms in total. The normalized spacial score (nSPS) is 16.9. The van der Waals surface area contributed by atoms with Gasteiger partial charge in [-0.25, -0.2) is 0 Å². The Hall–Kier alpha value is -1.92. The quantitative estimate of drug-likeness (QED) is 0.261. The summed E-state index contributed by atoms with van der Waals surface area (Å²) in [6.45, 7) is 25.1. The molecule has 2 aliphatic heterocycles. The van der Waals surface area contributed by atoms with Gasteiger partial charge in [0.25, 0.3) is 0 Å². The molecule has 0 aromatic carbocycles. The summed E-state index contributed by atoms with van der Waals surface area (Å²) in [6, 6.07) is 3.75. The second-order valence-corrected chi connectivity index (χ2v) is 17.9. The molecule has 2 aliphatic rings. The fourth-order valence-corrected chi connectivity index (χ4v) is 4.83. The summed E-state index contributed by atoms with van der Waals surface area (Å²) < 4.78 is 20.6. The predicted molar refractivity (Wildman–Crippen MR) is 189 cm³/mol. The number of aromatic nitrogens is 2. The van der Waals surface area contributed by atoms with Crippen LogP contribution >= 0.6 is 15.9 Å². The average Bonchev–Trinajstić information content (AvgIpc) is 3.68. The molecule has 3 N–H and O–H groups in total. The Kier molecular flexibility index (Phi) is 16.0. The molecule has 0 amide bonds. The first-order chi connectivity index (χ1) is 21.7. The molecule has 0 aliphatic carbocycles. The smallest absolute Gasteiger partial charge is 0.158 e. The topological polar surface area (TPSA) is 143 Å². The maximum atomic E-state index is 12.6. The van der Waals surface area contributed by atoms with E-state index in [0.29, 0.717) is 30.1 Å². The lowest BCUT2D eigenvalue weighted by molar-refractivity contribution is -0.124. The van der Waals surface area contributed by atoms with Crippen molar-refractivity contribution in [3.8, 4) is 0 Å². The predicted octanol–water partition coefficient (Wildman–Crippen LogP) is 6.51. The van der Waals surface area contributed by atoms with Gasteiger partial charge in [-0.2, -0.15) is 0 Å². The van der Waals surface area contributed by atoms with E-state index in [1.165, 1.54) is 0 Å². The zero-order chi connectivity index (χ0) is 35.5. The van der Waals surface area contributed by atoms with Crippen LogP contribution in [0.5, 0.6) is 0 Å². The van der Waals surface area contributed by atoms with E-state index in [9.17, 15) is 9.59 Å². The van der Waals surface area contributed by atoms with Gasteiger partial charge in [-0.3, -0.25) is 9.59 Å². The highest BCUT2D eigenvalue weighted by Gasteiger charge is 2.30. The maximum Gasteiger partial charge on any atom is 0.158 e. The van der Waals surface area contributed by atoms with E-state index < -0.39 is 9.86 Å². The Morgan fingerprint density at radius 1 is 0.745 bits per heavy atom. The Morgan fingerprint density at radius 3 is 1.49 bits per heavy atom. The molecule has 47 heavy (non-hydrogen) atoms. The molecule has 11 heteroatoms. The van der Waals surface area contributed by atoms with E-state index in [1.807, 2.05) is 60.6 Å². The molecule has 0 bridgehead atoms. The number of carbonyl (C=O) groups excluding carboxylic acids is 2. The minimum absolute atomic E-state index is 0.0712. The number of alkyl halides is 1. The molecular formula is C36H61BrN4O6. The van der Waals surface area contributed by atoms with E-state index in [4.69, 9.17) is 24.3 Å². The number of Topliss-reactive ketones (excluding diaryl/α,β-unsaturated/α-hetero) is 2. The molecule has 4 rings (SSSR count). The lowest BCUT2D eigenvalue weighted by atomic mass is 9.91. The zero-order valence-corrected chi connectivity index (χ0v) is 32.2. The monoisotopic (exact) mass is 724 g/mol. The third kappa shape index (κ3) is 15.0. The van der Waals surface area contributed by atoms with Crippen LogP contribution < -0.4 is 11.1 Å². The first kappa shape index (κ1) is 41.3. The van der Waals surface area contributed by atoms with Crippen molar-refractivity contribution in [1.82, 2.24) is 15.6 Å². The summed E-state index contributed by atoms with van der Waals surface area (Å²) >= 11 is 3.34. The Bertz CT molecular complexity index is 1220. The second-order valence-electron chi connectivity index (χ2n) is 15.9. The van der Waals surface area contributed by atoms with Gasteiger partial charge in [-0.1, -0.05) is 67.8 Å². The number of nitrogens with zero attached hydrogens (tertiary/aromatic N) is 2. The number of ether oxygens (including phenoxy) is 2. The number of ketones is 2. The summed E-state index contributed by atoms with van der Waals surface area (Å²) in [5.74, 6) is 3.19. The largest absolute Gasteiger partial charge is 0.381 e. The number of rotatable bonds is 10. The minimum Gasteiger partial charge on any atom is -0.381 e. The fraction of sp³-hybridized carbons (Fsp3) is 0.778.